The number of fused-ring (bicyclic) bond motifs is 1. The van der Waals surface area contributed by atoms with Crippen LogP contribution in [0.5, 0.6) is 0 Å². The van der Waals surface area contributed by atoms with E-state index in [1.807, 2.05) is 24.3 Å². The Hall–Kier alpha value is -2.41. The van der Waals surface area contributed by atoms with Crippen molar-refractivity contribution in [2.24, 2.45) is 11.8 Å². The molecule has 1 N–H and O–H groups in total. The Morgan fingerprint density at radius 3 is 2.19 bits per heavy atom. The summed E-state index contributed by atoms with van der Waals surface area (Å²) in [6, 6.07) is 7.61. The maximum absolute atomic E-state index is 12.5. The zero-order chi connectivity index (χ0) is 18.8. The van der Waals surface area contributed by atoms with Crippen LogP contribution in [0.1, 0.15) is 25.7 Å². The molecule has 3 fully saturated rings. The maximum Gasteiger partial charge on any atom is 0.244 e. The predicted molar refractivity (Wildman–Crippen MR) is 100 cm³/mol. The van der Waals surface area contributed by atoms with Crippen LogP contribution in [-0.2, 0) is 19.1 Å². The summed E-state index contributed by atoms with van der Waals surface area (Å²) in [5.41, 5.74) is 1.75. The monoisotopic (exact) mass is 371 g/mol. The number of carbonyl (C=O) groups is 3. The van der Waals surface area contributed by atoms with Gasteiger partial charge < -0.3 is 15.0 Å². The van der Waals surface area contributed by atoms with Gasteiger partial charge in [-0.25, -0.2) is 0 Å². The van der Waals surface area contributed by atoms with Crippen LogP contribution >= 0.6 is 0 Å². The molecule has 0 radical (unpaired) electrons. The van der Waals surface area contributed by atoms with Crippen LogP contribution in [0.2, 0.25) is 0 Å². The summed E-state index contributed by atoms with van der Waals surface area (Å²) in [5.74, 6) is -1.13. The van der Waals surface area contributed by atoms with E-state index in [0.29, 0.717) is 5.69 Å². The van der Waals surface area contributed by atoms with Crippen molar-refractivity contribution >= 4 is 29.1 Å². The Labute approximate surface area is 158 Å². The van der Waals surface area contributed by atoms with E-state index in [1.165, 1.54) is 0 Å². The Bertz CT molecular complexity index is 703. The minimum absolute atomic E-state index is 0.178. The van der Waals surface area contributed by atoms with Gasteiger partial charge >= 0.3 is 0 Å². The Balaban J connectivity index is 1.35. The van der Waals surface area contributed by atoms with Crippen molar-refractivity contribution in [2.45, 2.75) is 25.7 Å². The van der Waals surface area contributed by atoms with Crippen LogP contribution in [0.25, 0.3) is 0 Å². The number of rotatable bonds is 4. The molecule has 1 aromatic carbocycles. The van der Waals surface area contributed by atoms with Crippen molar-refractivity contribution in [1.29, 1.82) is 0 Å². The first-order valence-corrected chi connectivity index (χ1v) is 9.71. The number of amides is 3. The number of hydrogen-bond acceptors (Lipinski definition) is 5. The van der Waals surface area contributed by atoms with Gasteiger partial charge in [-0.2, -0.15) is 0 Å². The topological polar surface area (TPSA) is 79.0 Å². The maximum atomic E-state index is 12.5. The number of likely N-dealkylation sites (tertiary alicyclic amines) is 1. The number of carbonyl (C=O) groups excluding carboxylic acids is 3. The second kappa shape index (κ2) is 7.68. The zero-order valence-corrected chi connectivity index (χ0v) is 15.4. The lowest BCUT2D eigenvalue weighted by molar-refractivity contribution is -0.142. The molecule has 1 saturated carbocycles. The first-order chi connectivity index (χ1) is 13.1. The first-order valence-electron chi connectivity index (χ1n) is 9.71. The average molecular weight is 371 g/mol. The normalized spacial score (nSPS) is 25.5. The summed E-state index contributed by atoms with van der Waals surface area (Å²) in [4.78, 5) is 40.7. The lowest BCUT2D eigenvalue weighted by Crippen LogP contribution is -2.38. The van der Waals surface area contributed by atoms with Crippen molar-refractivity contribution in [2.75, 3.05) is 43.1 Å². The van der Waals surface area contributed by atoms with Gasteiger partial charge in [0, 0.05) is 24.5 Å². The second-order valence-corrected chi connectivity index (χ2v) is 7.45. The highest BCUT2D eigenvalue weighted by atomic mass is 16.5. The number of nitrogens with one attached hydrogen (secondary N) is 1. The summed E-state index contributed by atoms with van der Waals surface area (Å²) in [7, 11) is 0. The van der Waals surface area contributed by atoms with E-state index in [1.54, 1.807) is 0 Å². The number of nitrogens with zero attached hydrogens (tertiary/aromatic N) is 2. The van der Waals surface area contributed by atoms with Gasteiger partial charge in [0.15, 0.2) is 0 Å². The fraction of sp³-hybridized carbons (Fsp3) is 0.550. The van der Waals surface area contributed by atoms with Crippen LogP contribution in [0.3, 0.4) is 0 Å². The SMILES string of the molecule is O=C(CN1C(=O)[C@H]2CCCC[C@H]2C1=O)Nc1ccc(N2CCOCC2)cc1. The highest BCUT2D eigenvalue weighted by Crippen LogP contribution is 2.37. The Kier molecular flexibility index (Phi) is 5.11. The van der Waals surface area contributed by atoms with E-state index in [-0.39, 0.29) is 36.1 Å². The van der Waals surface area contributed by atoms with Gasteiger partial charge in [0.05, 0.1) is 25.0 Å². The summed E-state index contributed by atoms with van der Waals surface area (Å²) < 4.78 is 5.35. The molecule has 7 nitrogen and oxygen atoms in total. The van der Waals surface area contributed by atoms with Gasteiger partial charge in [-0.05, 0) is 37.1 Å². The van der Waals surface area contributed by atoms with Crippen molar-refractivity contribution in [3.63, 3.8) is 0 Å². The molecule has 0 aromatic heterocycles. The van der Waals surface area contributed by atoms with E-state index in [9.17, 15) is 14.4 Å². The summed E-state index contributed by atoms with van der Waals surface area (Å²) in [6.45, 7) is 2.95. The fourth-order valence-corrected chi connectivity index (χ4v) is 4.31. The molecule has 2 atom stereocenters. The molecule has 0 unspecified atom stereocenters. The van der Waals surface area contributed by atoms with Crippen molar-refractivity contribution < 1.29 is 19.1 Å². The zero-order valence-electron chi connectivity index (χ0n) is 15.4. The molecule has 0 bridgehead atoms. The van der Waals surface area contributed by atoms with E-state index >= 15 is 0 Å². The highest BCUT2D eigenvalue weighted by Gasteiger charge is 2.48. The first kappa shape index (κ1) is 18.0. The van der Waals surface area contributed by atoms with Crippen molar-refractivity contribution in [3.05, 3.63) is 24.3 Å². The lowest BCUT2D eigenvalue weighted by atomic mass is 9.81. The number of morpholine rings is 1. The molecule has 3 aliphatic rings. The largest absolute Gasteiger partial charge is 0.378 e. The van der Waals surface area contributed by atoms with E-state index in [4.69, 9.17) is 4.74 Å². The third kappa shape index (κ3) is 3.69. The molecule has 7 heteroatoms. The predicted octanol–water partition coefficient (Wildman–Crippen LogP) is 1.64. The summed E-state index contributed by atoms with van der Waals surface area (Å²) in [5, 5.41) is 2.79. The van der Waals surface area contributed by atoms with Gasteiger partial charge in [0.1, 0.15) is 6.54 Å². The number of imide groups is 1. The second-order valence-electron chi connectivity index (χ2n) is 7.45. The number of anilines is 2. The molecule has 2 heterocycles. The molecule has 1 aromatic rings. The van der Waals surface area contributed by atoms with E-state index < -0.39 is 0 Å². The van der Waals surface area contributed by atoms with Crippen molar-refractivity contribution in [3.8, 4) is 0 Å². The number of ether oxygens (including phenoxy) is 1. The van der Waals surface area contributed by atoms with E-state index in [0.717, 1.165) is 62.6 Å². The molecule has 0 spiro atoms. The van der Waals surface area contributed by atoms with Crippen LogP contribution in [0.4, 0.5) is 11.4 Å². The molecule has 27 heavy (non-hydrogen) atoms. The van der Waals surface area contributed by atoms with Crippen LogP contribution in [0, 0.1) is 11.8 Å². The van der Waals surface area contributed by atoms with Crippen molar-refractivity contribution in [1.82, 2.24) is 4.90 Å². The molecule has 2 aliphatic heterocycles. The molecule has 144 valence electrons. The molecule has 4 rings (SSSR count). The molecular weight excluding hydrogens is 346 g/mol. The highest BCUT2D eigenvalue weighted by molar-refractivity contribution is 6.08. The Morgan fingerprint density at radius 1 is 1.00 bits per heavy atom. The minimum Gasteiger partial charge on any atom is -0.378 e. The molecule has 1 aliphatic carbocycles. The third-order valence-electron chi connectivity index (χ3n) is 5.76. The number of hydrogen-bond donors (Lipinski definition) is 1. The smallest absolute Gasteiger partial charge is 0.244 e. The molecule has 3 amide bonds. The lowest BCUT2D eigenvalue weighted by Gasteiger charge is -2.28. The van der Waals surface area contributed by atoms with Gasteiger partial charge in [-0.3, -0.25) is 19.3 Å². The minimum atomic E-state index is -0.338. The Morgan fingerprint density at radius 2 is 1.59 bits per heavy atom. The van der Waals surface area contributed by atoms with Gasteiger partial charge in [0.2, 0.25) is 17.7 Å². The summed E-state index contributed by atoms with van der Waals surface area (Å²) in [6.07, 6.45) is 3.48. The van der Waals surface area contributed by atoms with E-state index in [2.05, 4.69) is 10.2 Å². The standard InChI is InChI=1S/C20H25N3O4/c24-18(13-23-19(25)16-3-1-2-4-17(16)20(23)26)21-14-5-7-15(8-6-14)22-9-11-27-12-10-22/h5-8,16-17H,1-4,9-13H2,(H,21,24)/t16-,17+. The van der Waals surface area contributed by atoms with Gasteiger partial charge in [0.25, 0.3) is 0 Å². The van der Waals surface area contributed by atoms with Crippen LogP contribution in [0.15, 0.2) is 24.3 Å². The number of benzene rings is 1. The van der Waals surface area contributed by atoms with Gasteiger partial charge in [-0.15, -0.1) is 0 Å². The summed E-state index contributed by atoms with van der Waals surface area (Å²) >= 11 is 0. The van der Waals surface area contributed by atoms with Crippen LogP contribution in [-0.4, -0.2) is 55.5 Å². The fourth-order valence-electron chi connectivity index (χ4n) is 4.31. The van der Waals surface area contributed by atoms with Gasteiger partial charge in [-0.1, -0.05) is 12.8 Å². The van der Waals surface area contributed by atoms with Crippen LogP contribution < -0.4 is 10.2 Å². The third-order valence-corrected chi connectivity index (χ3v) is 5.76. The average Bonchev–Trinajstić information content (AvgIpc) is 2.94. The molecular formula is C20H25N3O4. The quantitative estimate of drug-likeness (QED) is 0.814. The molecule has 2 saturated heterocycles.